The van der Waals surface area contributed by atoms with Gasteiger partial charge in [-0.3, -0.25) is 5.10 Å². The first-order chi connectivity index (χ1) is 8.88. The van der Waals surface area contributed by atoms with Crippen LogP contribution in [0.15, 0.2) is 35.5 Å². The number of anilines is 1. The molecule has 1 aromatic heterocycles. The normalized spacial score (nSPS) is 13.4. The summed E-state index contributed by atoms with van der Waals surface area (Å²) < 4.78 is 27.1. The zero-order valence-electron chi connectivity index (χ0n) is 10.7. The molecule has 0 spiro atoms. The molecular formula is C12H16N4O2S. The first-order valence-electron chi connectivity index (χ1n) is 5.76. The molecule has 102 valence electrons. The number of aromatic nitrogens is 2. The number of nitrogen functional groups attached to an aromatic ring is 1. The summed E-state index contributed by atoms with van der Waals surface area (Å²) in [6.07, 6.45) is 3.23. The van der Waals surface area contributed by atoms with E-state index in [1.807, 2.05) is 0 Å². The van der Waals surface area contributed by atoms with Crippen molar-refractivity contribution in [2.24, 2.45) is 0 Å². The van der Waals surface area contributed by atoms with Crippen molar-refractivity contribution in [1.82, 2.24) is 14.9 Å². The van der Waals surface area contributed by atoms with E-state index in [1.165, 1.54) is 6.07 Å². The van der Waals surface area contributed by atoms with Gasteiger partial charge in [0.1, 0.15) is 0 Å². The predicted octanol–water partition coefficient (Wildman–Crippen LogP) is 1.34. The van der Waals surface area contributed by atoms with E-state index in [9.17, 15) is 8.42 Å². The predicted molar refractivity (Wildman–Crippen MR) is 72.9 cm³/mol. The Labute approximate surface area is 112 Å². The minimum absolute atomic E-state index is 0.167. The number of H-pyrrole nitrogens is 1. The number of benzene rings is 1. The van der Waals surface area contributed by atoms with Crippen molar-refractivity contribution in [2.75, 3.05) is 5.73 Å². The Morgan fingerprint density at radius 3 is 2.68 bits per heavy atom. The molecule has 1 heterocycles. The van der Waals surface area contributed by atoms with Crippen LogP contribution in [0.1, 0.15) is 24.1 Å². The highest BCUT2D eigenvalue weighted by molar-refractivity contribution is 7.89. The zero-order valence-corrected chi connectivity index (χ0v) is 11.5. The van der Waals surface area contributed by atoms with E-state index in [4.69, 9.17) is 5.73 Å². The molecule has 0 saturated carbocycles. The van der Waals surface area contributed by atoms with Gasteiger partial charge in [0.25, 0.3) is 0 Å². The molecular weight excluding hydrogens is 264 g/mol. The lowest BCUT2D eigenvalue weighted by Crippen LogP contribution is -2.26. The van der Waals surface area contributed by atoms with E-state index in [1.54, 1.807) is 38.4 Å². The van der Waals surface area contributed by atoms with Crippen LogP contribution in [0, 0.1) is 6.92 Å². The second kappa shape index (κ2) is 5.02. The highest BCUT2D eigenvalue weighted by Gasteiger charge is 2.19. The van der Waals surface area contributed by atoms with Crippen molar-refractivity contribution in [3.63, 3.8) is 0 Å². The maximum absolute atomic E-state index is 12.2. The molecule has 0 bridgehead atoms. The van der Waals surface area contributed by atoms with Crippen molar-refractivity contribution in [3.05, 3.63) is 41.7 Å². The van der Waals surface area contributed by atoms with E-state index >= 15 is 0 Å². The van der Waals surface area contributed by atoms with Gasteiger partial charge in [-0.2, -0.15) is 5.10 Å². The Balaban J connectivity index is 2.27. The number of nitrogens with one attached hydrogen (secondary N) is 2. The number of nitrogens with two attached hydrogens (primary N) is 1. The standard InChI is InChI=1S/C12H16N4O2S/c1-8-3-11(13)5-12(4-8)19(17,18)16-9(2)10-6-14-15-7-10/h3-7,9,16H,13H2,1-2H3,(H,14,15). The third-order valence-electron chi connectivity index (χ3n) is 2.73. The third-order valence-corrected chi connectivity index (χ3v) is 4.25. The molecule has 0 aliphatic heterocycles. The summed E-state index contributed by atoms with van der Waals surface area (Å²) in [6, 6.07) is 4.38. The van der Waals surface area contributed by atoms with Gasteiger partial charge >= 0.3 is 0 Å². The average Bonchev–Trinajstić information content (AvgIpc) is 2.80. The molecule has 0 radical (unpaired) electrons. The van der Waals surface area contributed by atoms with Crippen molar-refractivity contribution in [2.45, 2.75) is 24.8 Å². The summed E-state index contributed by atoms with van der Waals surface area (Å²) in [6.45, 7) is 3.55. The molecule has 0 aliphatic rings. The van der Waals surface area contributed by atoms with E-state index in [2.05, 4.69) is 14.9 Å². The van der Waals surface area contributed by atoms with E-state index < -0.39 is 10.0 Å². The van der Waals surface area contributed by atoms with Gasteiger partial charge in [-0.1, -0.05) is 0 Å². The summed E-state index contributed by atoms with van der Waals surface area (Å²) in [5.74, 6) is 0. The Bertz CT molecular complexity index is 645. The van der Waals surface area contributed by atoms with Crippen molar-refractivity contribution in [1.29, 1.82) is 0 Å². The summed E-state index contributed by atoms with van der Waals surface area (Å²) in [5.41, 5.74) is 7.67. The molecule has 1 atom stereocenters. The molecule has 0 fully saturated rings. The van der Waals surface area contributed by atoms with E-state index in [-0.39, 0.29) is 10.9 Å². The van der Waals surface area contributed by atoms with Crippen molar-refractivity contribution in [3.8, 4) is 0 Å². The molecule has 2 rings (SSSR count). The fourth-order valence-corrected chi connectivity index (χ4v) is 3.17. The molecule has 1 aromatic carbocycles. The Morgan fingerprint density at radius 1 is 1.37 bits per heavy atom. The van der Waals surface area contributed by atoms with Crippen LogP contribution >= 0.6 is 0 Å². The Morgan fingerprint density at radius 2 is 2.11 bits per heavy atom. The number of aromatic amines is 1. The van der Waals surface area contributed by atoms with Crippen LogP contribution in [-0.4, -0.2) is 18.6 Å². The number of rotatable bonds is 4. The molecule has 4 N–H and O–H groups in total. The summed E-state index contributed by atoms with van der Waals surface area (Å²) in [5, 5.41) is 6.44. The first kappa shape index (κ1) is 13.6. The van der Waals surface area contributed by atoms with Crippen LogP contribution in [0.4, 0.5) is 5.69 Å². The van der Waals surface area contributed by atoms with Gasteiger partial charge in [-0.15, -0.1) is 0 Å². The lowest BCUT2D eigenvalue weighted by molar-refractivity contribution is 0.567. The van der Waals surface area contributed by atoms with E-state index in [0.29, 0.717) is 5.69 Å². The van der Waals surface area contributed by atoms with Crippen LogP contribution in [0.2, 0.25) is 0 Å². The molecule has 0 aliphatic carbocycles. The molecule has 0 amide bonds. The quantitative estimate of drug-likeness (QED) is 0.736. The van der Waals surface area contributed by atoms with Crippen LogP contribution < -0.4 is 10.5 Å². The average molecular weight is 280 g/mol. The minimum atomic E-state index is -3.60. The third kappa shape index (κ3) is 3.12. The number of hydrogen-bond acceptors (Lipinski definition) is 4. The Hall–Kier alpha value is -1.86. The van der Waals surface area contributed by atoms with Gasteiger partial charge in [-0.25, -0.2) is 13.1 Å². The summed E-state index contributed by atoms with van der Waals surface area (Å²) in [4.78, 5) is 0.167. The highest BCUT2D eigenvalue weighted by Crippen LogP contribution is 2.19. The SMILES string of the molecule is Cc1cc(N)cc(S(=O)(=O)NC(C)c2cn[nH]c2)c1. The van der Waals surface area contributed by atoms with Crippen LogP contribution in [-0.2, 0) is 10.0 Å². The van der Waals surface area contributed by atoms with Gasteiger partial charge < -0.3 is 5.73 Å². The number of hydrogen-bond donors (Lipinski definition) is 3. The Kier molecular flexibility index (Phi) is 3.59. The smallest absolute Gasteiger partial charge is 0.241 e. The number of nitrogens with zero attached hydrogens (tertiary/aromatic N) is 1. The van der Waals surface area contributed by atoms with Crippen LogP contribution in [0.3, 0.4) is 0 Å². The fraction of sp³-hybridized carbons (Fsp3) is 0.250. The van der Waals surface area contributed by atoms with Crippen LogP contribution in [0.25, 0.3) is 0 Å². The molecule has 0 saturated heterocycles. The van der Waals surface area contributed by atoms with Crippen molar-refractivity contribution >= 4 is 15.7 Å². The second-order valence-corrected chi connectivity index (χ2v) is 6.17. The van der Waals surface area contributed by atoms with Crippen molar-refractivity contribution < 1.29 is 8.42 Å². The van der Waals surface area contributed by atoms with Gasteiger partial charge in [0.2, 0.25) is 10.0 Å². The molecule has 19 heavy (non-hydrogen) atoms. The maximum atomic E-state index is 12.2. The molecule has 2 aromatic rings. The largest absolute Gasteiger partial charge is 0.399 e. The minimum Gasteiger partial charge on any atom is -0.399 e. The lowest BCUT2D eigenvalue weighted by atomic mass is 10.2. The first-order valence-corrected chi connectivity index (χ1v) is 7.25. The van der Waals surface area contributed by atoms with E-state index in [0.717, 1.165) is 11.1 Å². The fourth-order valence-electron chi connectivity index (χ4n) is 1.80. The van der Waals surface area contributed by atoms with Gasteiger partial charge in [0.15, 0.2) is 0 Å². The monoisotopic (exact) mass is 280 g/mol. The second-order valence-electron chi connectivity index (χ2n) is 4.45. The molecule has 7 heteroatoms. The summed E-state index contributed by atoms with van der Waals surface area (Å²) in [7, 11) is -3.60. The maximum Gasteiger partial charge on any atom is 0.241 e. The molecule has 1 unspecified atom stereocenters. The van der Waals surface area contributed by atoms with Gasteiger partial charge in [-0.05, 0) is 37.6 Å². The summed E-state index contributed by atoms with van der Waals surface area (Å²) >= 11 is 0. The number of sulfonamides is 1. The molecule has 6 nitrogen and oxygen atoms in total. The van der Waals surface area contributed by atoms with Gasteiger partial charge in [0.05, 0.1) is 11.1 Å². The zero-order chi connectivity index (χ0) is 14.0. The lowest BCUT2D eigenvalue weighted by Gasteiger charge is -2.13. The highest BCUT2D eigenvalue weighted by atomic mass is 32.2. The van der Waals surface area contributed by atoms with Crippen LogP contribution in [0.5, 0.6) is 0 Å². The van der Waals surface area contributed by atoms with Gasteiger partial charge in [0, 0.05) is 23.5 Å². The topological polar surface area (TPSA) is 101 Å². The number of aryl methyl sites for hydroxylation is 1.